The molecule has 1 aromatic carbocycles. The number of ether oxygens (including phenoxy) is 2. The lowest BCUT2D eigenvalue weighted by atomic mass is 9.90. The molecule has 4 nitrogen and oxygen atoms in total. The van der Waals surface area contributed by atoms with Crippen LogP contribution in [0.25, 0.3) is 0 Å². The summed E-state index contributed by atoms with van der Waals surface area (Å²) in [5, 5.41) is 2.96. The lowest BCUT2D eigenvalue weighted by molar-refractivity contribution is -0.179. The minimum absolute atomic E-state index is 0.0858. The zero-order valence-electron chi connectivity index (χ0n) is 11.5. The molecule has 1 aliphatic carbocycles. The Kier molecular flexibility index (Phi) is 4.28. The van der Waals surface area contributed by atoms with E-state index in [2.05, 4.69) is 21.2 Å². The summed E-state index contributed by atoms with van der Waals surface area (Å²) < 4.78 is 25.1. The summed E-state index contributed by atoms with van der Waals surface area (Å²) >= 11 is 3.08. The van der Waals surface area contributed by atoms with Gasteiger partial charge in [-0.15, -0.1) is 0 Å². The van der Waals surface area contributed by atoms with E-state index < -0.39 is 11.6 Å². The van der Waals surface area contributed by atoms with Crippen LogP contribution >= 0.6 is 15.9 Å². The summed E-state index contributed by atoms with van der Waals surface area (Å²) in [7, 11) is 0. The predicted octanol–water partition coefficient (Wildman–Crippen LogP) is 3.00. The lowest BCUT2D eigenvalue weighted by Gasteiger charge is -2.35. The molecule has 2 fully saturated rings. The zero-order valence-corrected chi connectivity index (χ0v) is 13.1. The van der Waals surface area contributed by atoms with E-state index in [-0.39, 0.29) is 11.9 Å². The van der Waals surface area contributed by atoms with Gasteiger partial charge in [-0.1, -0.05) is 0 Å². The molecule has 2 aliphatic rings. The summed E-state index contributed by atoms with van der Waals surface area (Å²) in [6.45, 7) is 1.30. The molecule has 0 unspecified atom stereocenters. The molecule has 21 heavy (non-hydrogen) atoms. The summed E-state index contributed by atoms with van der Waals surface area (Å²) in [5.74, 6) is -1.10. The van der Waals surface area contributed by atoms with E-state index in [4.69, 9.17) is 9.47 Å². The molecule has 1 heterocycles. The van der Waals surface area contributed by atoms with E-state index in [1.807, 2.05) is 0 Å². The van der Waals surface area contributed by atoms with Crippen LogP contribution in [0.1, 0.15) is 36.0 Å². The fourth-order valence-corrected chi connectivity index (χ4v) is 3.14. The number of hydrogen-bond acceptors (Lipinski definition) is 3. The maximum absolute atomic E-state index is 13.5. The van der Waals surface area contributed by atoms with Crippen LogP contribution in [0.3, 0.4) is 0 Å². The van der Waals surface area contributed by atoms with E-state index >= 15 is 0 Å². The normalized spacial score (nSPS) is 21.6. The standard InChI is InChI=1S/C15H17BrFNO3/c16-12-2-1-10(9-13(12)17)14(19)18-11-3-5-15(6-4-11)20-7-8-21-15/h1-2,9,11H,3-8H2,(H,18,19). The second-order valence-electron chi connectivity index (χ2n) is 5.48. The van der Waals surface area contributed by atoms with Crippen LogP contribution in [0.4, 0.5) is 4.39 Å². The number of hydrogen-bond donors (Lipinski definition) is 1. The Balaban J connectivity index is 1.57. The van der Waals surface area contributed by atoms with Gasteiger partial charge in [-0.3, -0.25) is 4.79 Å². The molecule has 6 heteroatoms. The minimum Gasteiger partial charge on any atom is -0.349 e. The van der Waals surface area contributed by atoms with Crippen molar-refractivity contribution < 1.29 is 18.7 Å². The van der Waals surface area contributed by atoms with Gasteiger partial charge in [0, 0.05) is 24.4 Å². The monoisotopic (exact) mass is 357 g/mol. The number of benzene rings is 1. The second-order valence-corrected chi connectivity index (χ2v) is 6.34. The number of amides is 1. The maximum Gasteiger partial charge on any atom is 0.251 e. The highest BCUT2D eigenvalue weighted by Crippen LogP contribution is 2.35. The van der Waals surface area contributed by atoms with Gasteiger partial charge in [-0.2, -0.15) is 0 Å². The molecule has 0 bridgehead atoms. The van der Waals surface area contributed by atoms with E-state index in [1.165, 1.54) is 6.07 Å². The summed E-state index contributed by atoms with van der Waals surface area (Å²) in [6, 6.07) is 4.48. The number of carbonyl (C=O) groups is 1. The molecule has 1 amide bonds. The van der Waals surface area contributed by atoms with Crippen LogP contribution in [-0.4, -0.2) is 30.9 Å². The van der Waals surface area contributed by atoms with Crippen LogP contribution in [0, 0.1) is 5.82 Å². The average molecular weight is 358 g/mol. The lowest BCUT2D eigenvalue weighted by Crippen LogP contribution is -2.44. The molecular formula is C15H17BrFNO3. The zero-order chi connectivity index (χ0) is 14.9. The first kappa shape index (κ1) is 14.9. The molecule has 1 saturated carbocycles. The summed E-state index contributed by atoms with van der Waals surface area (Å²) in [4.78, 5) is 12.1. The van der Waals surface area contributed by atoms with Crippen LogP contribution in [0.15, 0.2) is 22.7 Å². The van der Waals surface area contributed by atoms with Gasteiger partial charge >= 0.3 is 0 Å². The van der Waals surface area contributed by atoms with Gasteiger partial charge in [-0.25, -0.2) is 4.39 Å². The van der Waals surface area contributed by atoms with Crippen molar-refractivity contribution in [3.63, 3.8) is 0 Å². The van der Waals surface area contributed by atoms with Crippen molar-refractivity contribution in [3.05, 3.63) is 34.1 Å². The number of carbonyl (C=O) groups excluding carboxylic acids is 1. The molecule has 1 N–H and O–H groups in total. The largest absolute Gasteiger partial charge is 0.349 e. The summed E-state index contributed by atoms with van der Waals surface area (Å²) in [6.07, 6.45) is 3.19. The average Bonchev–Trinajstić information content (AvgIpc) is 2.93. The molecular weight excluding hydrogens is 341 g/mol. The maximum atomic E-state index is 13.5. The van der Waals surface area contributed by atoms with Crippen molar-refractivity contribution in [3.8, 4) is 0 Å². The SMILES string of the molecule is O=C(NC1CCC2(CC1)OCCO2)c1ccc(Br)c(F)c1. The van der Waals surface area contributed by atoms with Crippen molar-refractivity contribution in [1.29, 1.82) is 0 Å². The molecule has 1 aliphatic heterocycles. The Bertz CT molecular complexity index is 536. The van der Waals surface area contributed by atoms with Crippen molar-refractivity contribution in [2.75, 3.05) is 13.2 Å². The van der Waals surface area contributed by atoms with Gasteiger partial charge in [0.25, 0.3) is 5.91 Å². The van der Waals surface area contributed by atoms with E-state index in [0.29, 0.717) is 23.2 Å². The first-order valence-electron chi connectivity index (χ1n) is 7.12. The Hall–Kier alpha value is -0.980. The quantitative estimate of drug-likeness (QED) is 0.884. The number of halogens is 2. The Morgan fingerprint density at radius 1 is 1.29 bits per heavy atom. The van der Waals surface area contributed by atoms with Gasteiger partial charge in [0.05, 0.1) is 17.7 Å². The third kappa shape index (κ3) is 3.27. The smallest absolute Gasteiger partial charge is 0.251 e. The first-order chi connectivity index (χ1) is 10.1. The van der Waals surface area contributed by atoms with Gasteiger partial charge in [0.1, 0.15) is 5.82 Å². The molecule has 3 rings (SSSR count). The molecule has 0 atom stereocenters. The van der Waals surface area contributed by atoms with Crippen molar-refractivity contribution >= 4 is 21.8 Å². The third-order valence-corrected chi connectivity index (χ3v) is 4.72. The minimum atomic E-state index is -0.432. The molecule has 114 valence electrons. The van der Waals surface area contributed by atoms with Gasteiger partial charge in [-0.05, 0) is 47.0 Å². The second kappa shape index (κ2) is 6.02. The number of nitrogens with one attached hydrogen (secondary N) is 1. The highest BCUT2D eigenvalue weighted by Gasteiger charge is 2.40. The molecule has 0 aromatic heterocycles. The van der Waals surface area contributed by atoms with Gasteiger partial charge in [0.2, 0.25) is 0 Å². The molecule has 0 radical (unpaired) electrons. The van der Waals surface area contributed by atoms with Crippen molar-refractivity contribution in [2.24, 2.45) is 0 Å². The van der Waals surface area contributed by atoms with Gasteiger partial charge in [0.15, 0.2) is 5.79 Å². The van der Waals surface area contributed by atoms with Crippen molar-refractivity contribution in [1.82, 2.24) is 5.32 Å². The van der Waals surface area contributed by atoms with Crippen LogP contribution in [0.5, 0.6) is 0 Å². The van der Waals surface area contributed by atoms with E-state index in [1.54, 1.807) is 12.1 Å². The predicted molar refractivity (Wildman–Crippen MR) is 78.5 cm³/mol. The fraction of sp³-hybridized carbons (Fsp3) is 0.533. The third-order valence-electron chi connectivity index (χ3n) is 4.08. The highest BCUT2D eigenvalue weighted by atomic mass is 79.9. The Labute approximate surface area is 131 Å². The highest BCUT2D eigenvalue weighted by molar-refractivity contribution is 9.10. The topological polar surface area (TPSA) is 47.6 Å². The Morgan fingerprint density at radius 2 is 1.95 bits per heavy atom. The molecule has 1 spiro atoms. The first-order valence-corrected chi connectivity index (χ1v) is 7.91. The van der Waals surface area contributed by atoms with Gasteiger partial charge < -0.3 is 14.8 Å². The van der Waals surface area contributed by atoms with E-state index in [9.17, 15) is 9.18 Å². The van der Waals surface area contributed by atoms with E-state index in [0.717, 1.165) is 25.7 Å². The fourth-order valence-electron chi connectivity index (χ4n) is 2.89. The van der Waals surface area contributed by atoms with Crippen LogP contribution < -0.4 is 5.32 Å². The number of rotatable bonds is 2. The van der Waals surface area contributed by atoms with Crippen LogP contribution in [0.2, 0.25) is 0 Å². The van der Waals surface area contributed by atoms with Crippen molar-refractivity contribution in [2.45, 2.75) is 37.5 Å². The van der Waals surface area contributed by atoms with Crippen LogP contribution in [-0.2, 0) is 9.47 Å². The molecule has 1 saturated heterocycles. The molecule has 1 aromatic rings. The Morgan fingerprint density at radius 3 is 2.57 bits per heavy atom. The summed E-state index contributed by atoms with van der Waals surface area (Å²) in [5.41, 5.74) is 0.337.